The molecule has 2 aromatic rings. The first-order valence-corrected chi connectivity index (χ1v) is 9.42. The van der Waals surface area contributed by atoms with Crippen molar-refractivity contribution in [2.24, 2.45) is 0 Å². The zero-order valence-electron chi connectivity index (χ0n) is 17.0. The summed E-state index contributed by atoms with van der Waals surface area (Å²) in [5, 5.41) is 12.3. The lowest BCUT2D eigenvalue weighted by Crippen LogP contribution is -2.45. The van der Waals surface area contributed by atoms with E-state index >= 15 is 0 Å². The van der Waals surface area contributed by atoms with Gasteiger partial charge >= 0.3 is 6.03 Å². The summed E-state index contributed by atoms with van der Waals surface area (Å²) in [4.78, 5) is 26.5. The minimum Gasteiger partial charge on any atom is -0.483 e. The van der Waals surface area contributed by atoms with Crippen molar-refractivity contribution in [2.75, 3.05) is 20.1 Å². The Balaban J connectivity index is 2.22. The maximum Gasteiger partial charge on any atom is 0.317 e. The molecule has 0 unspecified atom stereocenters. The Labute approximate surface area is 169 Å². The average molecular weight is 392 g/mol. The van der Waals surface area contributed by atoms with Crippen LogP contribution in [0.3, 0.4) is 0 Å². The summed E-state index contributed by atoms with van der Waals surface area (Å²) in [7, 11) is 1.71. The highest BCUT2D eigenvalue weighted by Gasteiger charge is 2.36. The second-order valence-corrected chi connectivity index (χ2v) is 7.34. The van der Waals surface area contributed by atoms with Crippen LogP contribution in [-0.4, -0.2) is 41.2 Å². The van der Waals surface area contributed by atoms with Crippen LogP contribution in [0.15, 0.2) is 53.0 Å². The Kier molecular flexibility index (Phi) is 5.46. The van der Waals surface area contributed by atoms with Crippen LogP contribution < -0.4 is 15.6 Å². The van der Waals surface area contributed by atoms with Crippen molar-refractivity contribution in [1.29, 1.82) is 5.26 Å². The molecule has 150 valence electrons. The van der Waals surface area contributed by atoms with Crippen molar-refractivity contribution >= 4 is 11.7 Å². The van der Waals surface area contributed by atoms with Gasteiger partial charge in [0.05, 0.1) is 17.3 Å². The van der Waals surface area contributed by atoms with Gasteiger partial charge < -0.3 is 15.0 Å². The lowest BCUT2D eigenvalue weighted by atomic mass is 9.88. The Morgan fingerprint density at radius 2 is 2.07 bits per heavy atom. The number of pyridine rings is 1. The van der Waals surface area contributed by atoms with Gasteiger partial charge in [-0.15, -0.1) is 0 Å². The third kappa shape index (κ3) is 3.87. The van der Waals surface area contributed by atoms with Crippen molar-refractivity contribution < 1.29 is 9.53 Å². The molecule has 0 radical (unpaired) electrons. The fraction of sp³-hybridized carbons (Fsp3) is 0.318. The first kappa shape index (κ1) is 20.2. The highest BCUT2D eigenvalue weighted by Crippen LogP contribution is 2.41. The van der Waals surface area contributed by atoms with Gasteiger partial charge in [-0.3, -0.25) is 9.36 Å². The van der Waals surface area contributed by atoms with Gasteiger partial charge in [0.25, 0.3) is 5.56 Å². The second kappa shape index (κ2) is 7.84. The summed E-state index contributed by atoms with van der Waals surface area (Å²) in [6, 6.07) is 12.0. The predicted octanol–water partition coefficient (Wildman–Crippen LogP) is 2.81. The number of urea groups is 1. The number of nitrogens with zero attached hydrogens (tertiary/aromatic N) is 3. The van der Waals surface area contributed by atoms with Gasteiger partial charge in [-0.05, 0) is 45.0 Å². The van der Waals surface area contributed by atoms with E-state index in [4.69, 9.17) is 4.74 Å². The minimum atomic E-state index is -0.774. The number of amides is 2. The summed E-state index contributed by atoms with van der Waals surface area (Å²) in [5.41, 5.74) is 1.49. The molecule has 1 aliphatic rings. The van der Waals surface area contributed by atoms with Crippen molar-refractivity contribution in [3.05, 3.63) is 69.6 Å². The van der Waals surface area contributed by atoms with E-state index in [9.17, 15) is 14.9 Å². The molecule has 3 rings (SSSR count). The van der Waals surface area contributed by atoms with Crippen LogP contribution in [0.1, 0.15) is 31.9 Å². The Hall–Kier alpha value is -3.53. The monoisotopic (exact) mass is 392 g/mol. The van der Waals surface area contributed by atoms with Crippen LogP contribution in [0.5, 0.6) is 5.75 Å². The van der Waals surface area contributed by atoms with Gasteiger partial charge in [0.2, 0.25) is 0 Å². The van der Waals surface area contributed by atoms with E-state index < -0.39 is 5.60 Å². The second-order valence-electron chi connectivity index (χ2n) is 7.34. The quantitative estimate of drug-likeness (QED) is 0.867. The van der Waals surface area contributed by atoms with Gasteiger partial charge in [0.1, 0.15) is 11.4 Å². The van der Waals surface area contributed by atoms with Crippen molar-refractivity contribution in [2.45, 2.75) is 26.4 Å². The van der Waals surface area contributed by atoms with E-state index in [0.717, 1.165) is 5.57 Å². The number of nitriles is 1. The summed E-state index contributed by atoms with van der Waals surface area (Å²) >= 11 is 0. The smallest absolute Gasteiger partial charge is 0.317 e. The number of ether oxygens (including phenoxy) is 1. The van der Waals surface area contributed by atoms with Crippen LogP contribution in [0, 0.1) is 11.3 Å². The van der Waals surface area contributed by atoms with Gasteiger partial charge in [0, 0.05) is 43.5 Å². The molecule has 0 saturated carbocycles. The number of carbonyl (C=O) groups excluding carboxylic acids is 1. The standard InChI is InChI=1S/C22H24N4O3/c1-5-25(4)21(28)24-14-17-20(26-11-7-6-8-19(26)27)16-12-15(13-23)9-10-18(16)29-22(17,2)3/h6-12H,5,14H2,1-4H3,(H,24,28). The van der Waals surface area contributed by atoms with Crippen LogP contribution in [0.25, 0.3) is 5.70 Å². The zero-order valence-corrected chi connectivity index (χ0v) is 17.0. The van der Waals surface area contributed by atoms with Crippen molar-refractivity contribution in [1.82, 2.24) is 14.8 Å². The number of carbonyl (C=O) groups is 1. The molecule has 0 spiro atoms. The average Bonchev–Trinajstić information content (AvgIpc) is 2.70. The fourth-order valence-corrected chi connectivity index (χ4v) is 3.28. The molecule has 0 atom stereocenters. The molecule has 1 aliphatic heterocycles. The SMILES string of the molecule is CCN(C)C(=O)NCC1=C(n2ccccc2=O)c2cc(C#N)ccc2OC1(C)C. The topological polar surface area (TPSA) is 87.4 Å². The summed E-state index contributed by atoms with van der Waals surface area (Å²) in [5.74, 6) is 0.584. The summed E-state index contributed by atoms with van der Waals surface area (Å²) < 4.78 is 7.73. The number of hydrogen-bond acceptors (Lipinski definition) is 4. The van der Waals surface area contributed by atoms with Gasteiger partial charge in [-0.25, -0.2) is 4.79 Å². The van der Waals surface area contributed by atoms with Crippen molar-refractivity contribution in [3.63, 3.8) is 0 Å². The molecule has 1 aromatic carbocycles. The van der Waals surface area contributed by atoms with Crippen LogP contribution >= 0.6 is 0 Å². The highest BCUT2D eigenvalue weighted by molar-refractivity contribution is 5.79. The Morgan fingerprint density at radius 3 is 2.72 bits per heavy atom. The van der Waals surface area contributed by atoms with E-state index in [1.807, 2.05) is 20.8 Å². The van der Waals surface area contributed by atoms with Crippen LogP contribution in [-0.2, 0) is 0 Å². The molecule has 2 heterocycles. The van der Waals surface area contributed by atoms with Crippen LogP contribution in [0.4, 0.5) is 4.79 Å². The molecular formula is C22H24N4O3. The van der Waals surface area contributed by atoms with E-state index in [1.54, 1.807) is 48.5 Å². The molecule has 0 saturated heterocycles. The largest absolute Gasteiger partial charge is 0.483 e. The Morgan fingerprint density at radius 1 is 1.31 bits per heavy atom. The summed E-state index contributed by atoms with van der Waals surface area (Å²) in [6.45, 7) is 6.45. The minimum absolute atomic E-state index is 0.197. The normalized spacial score (nSPS) is 14.4. The van der Waals surface area contributed by atoms with E-state index in [0.29, 0.717) is 29.1 Å². The third-order valence-corrected chi connectivity index (χ3v) is 5.04. The highest BCUT2D eigenvalue weighted by atomic mass is 16.5. The zero-order chi connectivity index (χ0) is 21.2. The van der Waals surface area contributed by atoms with Crippen molar-refractivity contribution in [3.8, 4) is 11.8 Å². The maximum absolute atomic E-state index is 12.7. The third-order valence-electron chi connectivity index (χ3n) is 5.04. The maximum atomic E-state index is 12.7. The lowest BCUT2D eigenvalue weighted by Gasteiger charge is -2.37. The number of benzene rings is 1. The number of hydrogen-bond donors (Lipinski definition) is 1. The molecule has 29 heavy (non-hydrogen) atoms. The van der Waals surface area contributed by atoms with E-state index in [1.165, 1.54) is 10.6 Å². The predicted molar refractivity (Wildman–Crippen MR) is 111 cm³/mol. The molecule has 0 fully saturated rings. The number of fused-ring (bicyclic) bond motifs is 1. The molecule has 7 nitrogen and oxygen atoms in total. The van der Waals surface area contributed by atoms with E-state index in [-0.39, 0.29) is 18.1 Å². The fourth-order valence-electron chi connectivity index (χ4n) is 3.28. The molecule has 0 bridgehead atoms. The summed E-state index contributed by atoms with van der Waals surface area (Å²) in [6.07, 6.45) is 1.68. The molecule has 1 aromatic heterocycles. The lowest BCUT2D eigenvalue weighted by molar-refractivity contribution is 0.140. The van der Waals surface area contributed by atoms with E-state index in [2.05, 4.69) is 11.4 Å². The molecular weight excluding hydrogens is 368 g/mol. The molecule has 2 amide bonds. The number of rotatable bonds is 4. The molecule has 7 heteroatoms. The van der Waals surface area contributed by atoms with Gasteiger partial charge in [0.15, 0.2) is 0 Å². The first-order valence-electron chi connectivity index (χ1n) is 9.42. The number of nitrogens with one attached hydrogen (secondary N) is 1. The molecule has 1 N–H and O–H groups in total. The van der Waals surface area contributed by atoms with Gasteiger partial charge in [-0.2, -0.15) is 5.26 Å². The van der Waals surface area contributed by atoms with Gasteiger partial charge in [-0.1, -0.05) is 6.07 Å². The Bertz CT molecular complexity index is 1080. The number of aromatic nitrogens is 1. The molecule has 0 aliphatic carbocycles. The first-order chi connectivity index (χ1) is 13.8. The van der Waals surface area contributed by atoms with Crippen LogP contribution in [0.2, 0.25) is 0 Å².